The van der Waals surface area contributed by atoms with Gasteiger partial charge in [-0.15, -0.1) is 11.3 Å². The van der Waals surface area contributed by atoms with E-state index >= 15 is 0 Å². The van der Waals surface area contributed by atoms with Crippen LogP contribution in [0.25, 0.3) is 0 Å². The Balaban J connectivity index is 2.05. The van der Waals surface area contributed by atoms with Gasteiger partial charge in [-0.25, -0.2) is 12.8 Å². The Labute approximate surface area is 139 Å². The number of thiophene rings is 1. The van der Waals surface area contributed by atoms with Crippen LogP contribution in [0.4, 0.5) is 10.1 Å². The van der Waals surface area contributed by atoms with Crippen molar-refractivity contribution < 1.29 is 17.6 Å². The third-order valence-corrected chi connectivity index (χ3v) is 6.58. The zero-order valence-corrected chi connectivity index (χ0v) is 14.6. The second-order valence-electron chi connectivity index (χ2n) is 4.38. The van der Waals surface area contributed by atoms with Crippen molar-refractivity contribution in [2.24, 2.45) is 0 Å². The second-order valence-corrected chi connectivity index (χ2v) is 9.11. The highest BCUT2D eigenvalue weighted by atomic mass is 79.9. The number of nitrogens with zero attached hydrogens (tertiary/aromatic N) is 1. The van der Waals surface area contributed by atoms with E-state index < -0.39 is 21.7 Å². The van der Waals surface area contributed by atoms with Crippen LogP contribution in [0.1, 0.15) is 0 Å². The fourth-order valence-electron chi connectivity index (χ4n) is 1.64. The number of hydrogen-bond acceptors (Lipinski definition) is 4. The van der Waals surface area contributed by atoms with Crippen molar-refractivity contribution in [3.05, 3.63) is 46.0 Å². The van der Waals surface area contributed by atoms with Crippen LogP contribution in [0.2, 0.25) is 0 Å². The van der Waals surface area contributed by atoms with Crippen LogP contribution in [-0.2, 0) is 14.8 Å². The lowest BCUT2D eigenvalue weighted by Gasteiger charge is -2.15. The van der Waals surface area contributed by atoms with Gasteiger partial charge in [-0.3, -0.25) is 4.79 Å². The number of sulfonamides is 1. The van der Waals surface area contributed by atoms with E-state index in [1.54, 1.807) is 6.07 Å². The van der Waals surface area contributed by atoms with Crippen LogP contribution in [0.5, 0.6) is 0 Å². The van der Waals surface area contributed by atoms with Crippen LogP contribution < -0.4 is 5.32 Å². The largest absolute Gasteiger partial charge is 0.325 e. The molecule has 5 nitrogen and oxygen atoms in total. The average Bonchev–Trinajstić information content (AvgIpc) is 2.85. The van der Waals surface area contributed by atoms with Gasteiger partial charge in [0.25, 0.3) is 10.0 Å². The fraction of sp³-hybridized carbons (Fsp3) is 0.154. The van der Waals surface area contributed by atoms with E-state index in [2.05, 4.69) is 21.2 Å². The van der Waals surface area contributed by atoms with E-state index in [1.165, 1.54) is 31.3 Å². The summed E-state index contributed by atoms with van der Waals surface area (Å²) >= 11 is 4.26. The number of carbonyl (C=O) groups excluding carboxylic acids is 1. The van der Waals surface area contributed by atoms with E-state index in [4.69, 9.17) is 0 Å². The Morgan fingerprint density at radius 1 is 1.36 bits per heavy atom. The molecule has 0 saturated heterocycles. The Hall–Kier alpha value is -1.29. The predicted molar refractivity (Wildman–Crippen MR) is 86.9 cm³/mol. The van der Waals surface area contributed by atoms with Crippen molar-refractivity contribution in [2.75, 3.05) is 18.9 Å². The second kappa shape index (κ2) is 6.86. The molecule has 0 spiro atoms. The van der Waals surface area contributed by atoms with Crippen LogP contribution in [0.15, 0.2) is 44.4 Å². The average molecular weight is 407 g/mol. The molecule has 0 radical (unpaired) electrons. The Bertz CT molecular complexity index is 792. The summed E-state index contributed by atoms with van der Waals surface area (Å²) in [6.07, 6.45) is 0. The highest BCUT2D eigenvalue weighted by molar-refractivity contribution is 9.11. The molecule has 1 aromatic carbocycles. The van der Waals surface area contributed by atoms with Crippen LogP contribution in [0.3, 0.4) is 0 Å². The molecule has 118 valence electrons. The first-order valence-corrected chi connectivity index (χ1v) is 9.11. The molecule has 1 N–H and O–H groups in total. The lowest BCUT2D eigenvalue weighted by Crippen LogP contribution is -2.34. The third kappa shape index (κ3) is 4.13. The third-order valence-electron chi connectivity index (χ3n) is 2.69. The van der Waals surface area contributed by atoms with Gasteiger partial charge in [0, 0.05) is 12.7 Å². The predicted octanol–water partition coefficient (Wildman–Crippen LogP) is 2.91. The summed E-state index contributed by atoms with van der Waals surface area (Å²) in [6, 6.07) is 8.47. The number of benzene rings is 1. The van der Waals surface area contributed by atoms with Crippen molar-refractivity contribution in [3.8, 4) is 0 Å². The summed E-state index contributed by atoms with van der Waals surface area (Å²) in [5, 5.41) is 2.45. The van der Waals surface area contributed by atoms with Crippen molar-refractivity contribution in [1.29, 1.82) is 0 Å². The first-order chi connectivity index (χ1) is 10.3. The molecule has 0 fully saturated rings. The lowest BCUT2D eigenvalue weighted by atomic mass is 10.3. The van der Waals surface area contributed by atoms with E-state index in [9.17, 15) is 17.6 Å². The Morgan fingerprint density at radius 3 is 2.68 bits per heavy atom. The molecule has 2 rings (SSSR count). The van der Waals surface area contributed by atoms with Crippen molar-refractivity contribution in [3.63, 3.8) is 0 Å². The number of hydrogen-bond donors (Lipinski definition) is 1. The van der Waals surface area contributed by atoms with Gasteiger partial charge in [0.1, 0.15) is 10.0 Å². The topological polar surface area (TPSA) is 66.5 Å². The van der Waals surface area contributed by atoms with Crippen molar-refractivity contribution in [2.45, 2.75) is 4.21 Å². The zero-order valence-electron chi connectivity index (χ0n) is 11.4. The lowest BCUT2D eigenvalue weighted by molar-refractivity contribution is -0.116. The molecule has 2 aromatic rings. The monoisotopic (exact) mass is 406 g/mol. The standard InChI is InChI=1S/C13H12BrFN2O3S2/c1-17(22(19,20)13-6-5-11(14)21-13)8-12(18)16-10-4-2-3-9(15)7-10/h2-7H,8H2,1H3,(H,16,18). The maximum atomic E-state index is 13.0. The molecule has 0 bridgehead atoms. The fourth-order valence-corrected chi connectivity index (χ4v) is 4.99. The molecule has 1 heterocycles. The SMILES string of the molecule is CN(CC(=O)Nc1cccc(F)c1)S(=O)(=O)c1ccc(Br)s1. The molecule has 0 unspecified atom stereocenters. The van der Waals surface area contributed by atoms with Gasteiger partial charge in [0.15, 0.2) is 0 Å². The first kappa shape index (κ1) is 17.1. The van der Waals surface area contributed by atoms with Crippen molar-refractivity contribution >= 4 is 48.9 Å². The quantitative estimate of drug-likeness (QED) is 0.829. The molecule has 9 heteroatoms. The molecule has 0 aliphatic carbocycles. The molecular weight excluding hydrogens is 395 g/mol. The summed E-state index contributed by atoms with van der Waals surface area (Å²) < 4.78 is 39.3. The first-order valence-electron chi connectivity index (χ1n) is 6.06. The van der Waals surface area contributed by atoms with E-state index in [1.807, 2.05) is 0 Å². The molecule has 0 aliphatic rings. The van der Waals surface area contributed by atoms with E-state index in [-0.39, 0.29) is 16.4 Å². The highest BCUT2D eigenvalue weighted by Gasteiger charge is 2.24. The minimum absolute atomic E-state index is 0.139. The molecule has 0 atom stereocenters. The smallest absolute Gasteiger partial charge is 0.252 e. The van der Waals surface area contributed by atoms with Gasteiger partial charge < -0.3 is 5.32 Å². The summed E-state index contributed by atoms with van der Waals surface area (Å²) in [7, 11) is -2.41. The summed E-state index contributed by atoms with van der Waals surface area (Å²) in [4.78, 5) is 11.9. The minimum Gasteiger partial charge on any atom is -0.325 e. The normalized spacial score (nSPS) is 11.6. The van der Waals surface area contributed by atoms with Gasteiger partial charge in [0.2, 0.25) is 5.91 Å². The molecule has 1 aromatic heterocycles. The van der Waals surface area contributed by atoms with Crippen molar-refractivity contribution in [1.82, 2.24) is 4.31 Å². The summed E-state index contributed by atoms with van der Waals surface area (Å²) in [5.74, 6) is -1.03. The van der Waals surface area contributed by atoms with Crippen LogP contribution in [0, 0.1) is 5.82 Å². The van der Waals surface area contributed by atoms with Gasteiger partial charge >= 0.3 is 0 Å². The number of anilines is 1. The maximum absolute atomic E-state index is 13.0. The molecule has 0 saturated carbocycles. The van der Waals surface area contributed by atoms with E-state index in [0.29, 0.717) is 3.79 Å². The minimum atomic E-state index is -3.73. The molecule has 0 aliphatic heterocycles. The maximum Gasteiger partial charge on any atom is 0.252 e. The van der Waals surface area contributed by atoms with Gasteiger partial charge in [-0.05, 0) is 46.3 Å². The Kier molecular flexibility index (Phi) is 5.32. The van der Waals surface area contributed by atoms with Gasteiger partial charge in [0.05, 0.1) is 10.3 Å². The number of amides is 1. The number of nitrogens with one attached hydrogen (secondary N) is 1. The molecule has 1 amide bonds. The Morgan fingerprint density at radius 2 is 2.09 bits per heavy atom. The van der Waals surface area contributed by atoms with Crippen LogP contribution >= 0.6 is 27.3 Å². The molecular formula is C13H12BrFN2O3S2. The number of likely N-dealkylation sites (N-methyl/N-ethyl adjacent to an activating group) is 1. The molecule has 22 heavy (non-hydrogen) atoms. The number of rotatable bonds is 5. The zero-order chi connectivity index (χ0) is 16.3. The van der Waals surface area contributed by atoms with Gasteiger partial charge in [-0.1, -0.05) is 6.07 Å². The van der Waals surface area contributed by atoms with Crippen LogP contribution in [-0.4, -0.2) is 32.2 Å². The summed E-state index contributed by atoms with van der Waals surface area (Å²) in [5.41, 5.74) is 0.273. The van der Waals surface area contributed by atoms with E-state index in [0.717, 1.165) is 21.7 Å². The highest BCUT2D eigenvalue weighted by Crippen LogP contribution is 2.27. The van der Waals surface area contributed by atoms with Gasteiger partial charge in [-0.2, -0.15) is 4.31 Å². The number of carbonyl (C=O) groups is 1. The number of halogens is 2. The summed E-state index contributed by atoms with van der Waals surface area (Å²) in [6.45, 7) is -0.367.